The predicted molar refractivity (Wildman–Crippen MR) is 128 cm³/mol. The van der Waals surface area contributed by atoms with Gasteiger partial charge < -0.3 is 30.9 Å². The van der Waals surface area contributed by atoms with Gasteiger partial charge >= 0.3 is 41.6 Å². The summed E-state index contributed by atoms with van der Waals surface area (Å²) in [6.07, 6.45) is 0.846. The molecule has 0 bridgehead atoms. The smallest absolute Gasteiger partial charge is 0.548 e. The van der Waals surface area contributed by atoms with Gasteiger partial charge in [0.05, 0.1) is 31.4 Å². The Morgan fingerprint density at radius 2 is 1.74 bits per heavy atom. The summed E-state index contributed by atoms with van der Waals surface area (Å²) in [4.78, 5) is 64.8. The fourth-order valence-corrected chi connectivity index (χ4v) is 6.94. The molecule has 4 N–H and O–H groups in total. The van der Waals surface area contributed by atoms with Crippen LogP contribution in [0.25, 0.3) is 0 Å². The van der Waals surface area contributed by atoms with Gasteiger partial charge in [0.1, 0.15) is 17.5 Å². The van der Waals surface area contributed by atoms with Crippen LogP contribution in [0.2, 0.25) is 0 Å². The number of carboxylic acid groups (broad SMARTS) is 1. The molecule has 4 atom stereocenters. The number of hydrogen-bond donors (Lipinski definition) is 2. The van der Waals surface area contributed by atoms with Crippen LogP contribution in [0, 0.1) is 0 Å². The fraction of sp³-hybridized carbons (Fsp3) is 0.476. The van der Waals surface area contributed by atoms with Gasteiger partial charge in [0, 0.05) is 4.75 Å². The van der Waals surface area contributed by atoms with Crippen molar-refractivity contribution in [2.24, 2.45) is 0 Å². The average molecular weight is 580 g/mol. The Balaban J connectivity index is 0.00000253. The van der Waals surface area contributed by atoms with E-state index in [2.05, 4.69) is 10.6 Å². The predicted octanol–water partition coefficient (Wildman–Crippen LogP) is -5.39. The summed E-state index contributed by atoms with van der Waals surface area (Å²) in [5.41, 5.74) is 0.352. The van der Waals surface area contributed by atoms with Crippen LogP contribution in [0.1, 0.15) is 25.5 Å². The molecule has 17 heteroatoms. The number of β-lactam (4-membered cyclic amide) rings is 1. The largest absolute Gasteiger partial charge is 1.00 e. The number of nitrogens with zero attached hydrogens (tertiary/aromatic N) is 3. The standard InChI is InChI=1S/C21H25N5O8S2.Na.H2O/c1-21(2)14(18(29)30)26-16(28)13(17(26)35-21)22-15(27)12(11-7-5-4-6-8-11)23-19(31)24-9-10-25(20(24)32)36(3,33)34;;/h4-8,12-14,17H,9-10H2,1-3H3,(H,22,27)(H,23,31)(H,29,30);;1H2/q;+1;/p-1/t12-,13-,14-,17+;;/m0../s1. The Morgan fingerprint density at radius 1 is 1.13 bits per heavy atom. The summed E-state index contributed by atoms with van der Waals surface area (Å²) in [6, 6.07) is 2.56. The van der Waals surface area contributed by atoms with Crippen LogP contribution in [0.4, 0.5) is 9.59 Å². The van der Waals surface area contributed by atoms with Gasteiger partial charge in [0.2, 0.25) is 21.8 Å². The molecular formula is C21H26N5NaO9S2. The number of carboxylic acids is 1. The van der Waals surface area contributed by atoms with Crippen LogP contribution in [-0.2, 0) is 24.4 Å². The SMILES string of the molecule is CC1(C)S[C@@H]2[C@@H](NC(=O)[C@@H](NC(=O)N3CCN(S(C)(=O)=O)C3=O)c3ccccc3)C(=O)N2[C@H]1C(=O)[O-].O.[Na+]. The number of nitrogens with one attached hydrogen (secondary N) is 2. The van der Waals surface area contributed by atoms with E-state index in [1.54, 1.807) is 44.2 Å². The van der Waals surface area contributed by atoms with Gasteiger partial charge in [-0.2, -0.15) is 0 Å². The van der Waals surface area contributed by atoms with E-state index in [1.165, 1.54) is 16.7 Å². The summed E-state index contributed by atoms with van der Waals surface area (Å²) in [6.45, 7) is 2.92. The Hall–Kier alpha value is -2.37. The molecule has 3 fully saturated rings. The van der Waals surface area contributed by atoms with E-state index in [9.17, 15) is 37.5 Å². The second-order valence-corrected chi connectivity index (χ2v) is 12.8. The number of thioether (sulfide) groups is 1. The quantitative estimate of drug-likeness (QED) is 0.243. The summed E-state index contributed by atoms with van der Waals surface area (Å²) in [5.74, 6) is -2.73. The zero-order valence-corrected chi connectivity index (χ0v) is 24.7. The molecule has 0 aliphatic carbocycles. The second-order valence-electron chi connectivity index (χ2n) is 9.13. The molecule has 0 unspecified atom stereocenters. The number of sulfonamides is 1. The first-order chi connectivity index (χ1) is 16.7. The van der Waals surface area contributed by atoms with Crippen LogP contribution in [0.5, 0.6) is 0 Å². The Labute approximate surface area is 245 Å². The molecule has 1 aromatic rings. The van der Waals surface area contributed by atoms with Gasteiger partial charge in [-0.25, -0.2) is 27.2 Å². The topological polar surface area (TPSA) is 208 Å². The molecule has 3 saturated heterocycles. The molecule has 3 heterocycles. The molecule has 0 aromatic heterocycles. The molecule has 0 saturated carbocycles. The zero-order valence-electron chi connectivity index (χ0n) is 21.0. The number of fused-ring (bicyclic) bond motifs is 1. The Kier molecular flexibility index (Phi) is 9.55. The van der Waals surface area contributed by atoms with E-state index in [1.807, 2.05) is 0 Å². The third-order valence-corrected chi connectivity index (χ3v) is 8.95. The number of aliphatic carboxylic acids is 1. The van der Waals surface area contributed by atoms with Crippen molar-refractivity contribution in [3.8, 4) is 0 Å². The van der Waals surface area contributed by atoms with Gasteiger partial charge in [-0.05, 0) is 19.4 Å². The molecule has 3 aliphatic heterocycles. The van der Waals surface area contributed by atoms with E-state index in [0.717, 1.165) is 6.26 Å². The monoisotopic (exact) mass is 579 g/mol. The number of carbonyl (C=O) groups is 5. The molecular weight excluding hydrogens is 553 g/mol. The number of amides is 6. The number of rotatable bonds is 6. The number of imide groups is 1. The molecule has 1 aromatic carbocycles. The number of urea groups is 2. The first-order valence-corrected chi connectivity index (χ1v) is 13.6. The second kappa shape index (κ2) is 11.4. The van der Waals surface area contributed by atoms with Crippen molar-refractivity contribution in [1.29, 1.82) is 0 Å². The van der Waals surface area contributed by atoms with Crippen molar-refractivity contribution in [2.45, 2.75) is 42.1 Å². The van der Waals surface area contributed by atoms with Gasteiger partial charge in [-0.15, -0.1) is 11.8 Å². The molecule has 0 spiro atoms. The van der Waals surface area contributed by atoms with E-state index in [0.29, 0.717) is 14.8 Å². The van der Waals surface area contributed by atoms with Gasteiger partial charge in [-0.1, -0.05) is 30.3 Å². The summed E-state index contributed by atoms with van der Waals surface area (Å²) < 4.78 is 23.2. The van der Waals surface area contributed by atoms with Gasteiger partial charge in [0.15, 0.2) is 0 Å². The number of benzene rings is 1. The van der Waals surface area contributed by atoms with Crippen molar-refractivity contribution >= 4 is 51.6 Å². The van der Waals surface area contributed by atoms with Gasteiger partial charge in [0.25, 0.3) is 0 Å². The summed E-state index contributed by atoms with van der Waals surface area (Å²) in [5, 5.41) is 16.0. The third-order valence-electron chi connectivity index (χ3n) is 6.24. The van der Waals surface area contributed by atoms with Crippen LogP contribution < -0.4 is 45.3 Å². The normalized spacial score (nSPS) is 24.4. The average Bonchev–Trinajstić information content (AvgIpc) is 3.31. The van der Waals surface area contributed by atoms with E-state index >= 15 is 0 Å². The summed E-state index contributed by atoms with van der Waals surface area (Å²) >= 11 is 1.22. The van der Waals surface area contributed by atoms with E-state index < -0.39 is 68.1 Å². The molecule has 14 nitrogen and oxygen atoms in total. The van der Waals surface area contributed by atoms with E-state index in [4.69, 9.17) is 0 Å². The molecule has 202 valence electrons. The van der Waals surface area contributed by atoms with Crippen molar-refractivity contribution in [2.75, 3.05) is 19.3 Å². The molecule has 38 heavy (non-hydrogen) atoms. The van der Waals surface area contributed by atoms with Crippen LogP contribution in [0.3, 0.4) is 0 Å². The van der Waals surface area contributed by atoms with Crippen molar-refractivity contribution in [3.05, 3.63) is 35.9 Å². The van der Waals surface area contributed by atoms with Crippen LogP contribution in [-0.4, -0.2) is 99.4 Å². The first-order valence-electron chi connectivity index (χ1n) is 10.9. The minimum absolute atomic E-state index is 0. The summed E-state index contributed by atoms with van der Waals surface area (Å²) in [7, 11) is -3.87. The Bertz CT molecular complexity index is 1250. The maximum absolute atomic E-state index is 13.3. The minimum Gasteiger partial charge on any atom is -0.548 e. The van der Waals surface area contributed by atoms with Gasteiger partial charge in [-0.3, -0.25) is 9.59 Å². The number of carbonyl (C=O) groups excluding carboxylic acids is 5. The van der Waals surface area contributed by atoms with Crippen molar-refractivity contribution in [1.82, 2.24) is 24.7 Å². The molecule has 4 rings (SSSR count). The minimum atomic E-state index is -3.87. The number of hydrogen-bond acceptors (Lipinski definition) is 9. The zero-order chi connectivity index (χ0) is 26.6. The molecule has 3 aliphatic rings. The van der Waals surface area contributed by atoms with E-state index in [-0.39, 0.29) is 48.1 Å². The van der Waals surface area contributed by atoms with Crippen LogP contribution in [0.15, 0.2) is 30.3 Å². The first kappa shape index (κ1) is 31.8. The van der Waals surface area contributed by atoms with Crippen LogP contribution >= 0.6 is 11.8 Å². The fourth-order valence-electron chi connectivity index (χ4n) is 4.52. The molecule has 6 amide bonds. The van der Waals surface area contributed by atoms with Crippen molar-refractivity contribution < 1.29 is 72.5 Å². The maximum Gasteiger partial charge on any atom is 1.00 e. The third kappa shape index (κ3) is 5.65. The maximum atomic E-state index is 13.3. The Morgan fingerprint density at radius 3 is 2.26 bits per heavy atom. The molecule has 0 radical (unpaired) electrons. The van der Waals surface area contributed by atoms with Crippen molar-refractivity contribution in [3.63, 3.8) is 0 Å².